The van der Waals surface area contributed by atoms with Gasteiger partial charge in [0.05, 0.1) is 6.20 Å². The Bertz CT molecular complexity index is 504. The molecule has 18 heavy (non-hydrogen) atoms. The normalized spacial score (nSPS) is 14.4. The Morgan fingerprint density at radius 1 is 1.11 bits per heavy atom. The molecule has 0 bridgehead atoms. The van der Waals surface area contributed by atoms with Gasteiger partial charge in [-0.3, -0.25) is 4.68 Å². The molecular weight excluding hydrogens is 226 g/mol. The second-order valence-electron chi connectivity index (χ2n) is 4.65. The molecule has 2 rings (SSSR count). The first kappa shape index (κ1) is 12.6. The van der Waals surface area contributed by atoms with Crippen LogP contribution < -0.4 is 5.32 Å². The van der Waals surface area contributed by atoms with Gasteiger partial charge in [-0.25, -0.2) is 0 Å². The molecule has 0 radical (unpaired) electrons. The summed E-state index contributed by atoms with van der Waals surface area (Å²) < 4.78 is 1.80. The summed E-state index contributed by atoms with van der Waals surface area (Å²) in [7, 11) is 1.92. The smallest absolute Gasteiger partial charge is 0.115 e. The van der Waals surface area contributed by atoms with Crippen LogP contribution in [0.3, 0.4) is 0 Å². The summed E-state index contributed by atoms with van der Waals surface area (Å²) in [6.07, 6.45) is 3.89. The fourth-order valence-electron chi connectivity index (χ4n) is 1.99. The van der Waals surface area contributed by atoms with Gasteiger partial charge in [0, 0.05) is 30.9 Å². The molecule has 0 saturated carbocycles. The third-order valence-electron chi connectivity index (χ3n) is 3.12. The predicted molar refractivity (Wildman–Crippen MR) is 71.3 cm³/mol. The zero-order valence-electron chi connectivity index (χ0n) is 11.0. The monoisotopic (exact) mass is 245 g/mol. The van der Waals surface area contributed by atoms with E-state index in [1.807, 2.05) is 31.6 Å². The lowest BCUT2D eigenvalue weighted by molar-refractivity contribution is 0.472. The van der Waals surface area contributed by atoms with Crippen LogP contribution in [0.25, 0.3) is 0 Å². The zero-order valence-corrected chi connectivity index (χ0v) is 11.0. The van der Waals surface area contributed by atoms with Crippen molar-refractivity contribution in [3.63, 3.8) is 0 Å². The Balaban J connectivity index is 2.02. The first-order valence-electron chi connectivity index (χ1n) is 6.10. The molecule has 1 heterocycles. The van der Waals surface area contributed by atoms with Crippen molar-refractivity contribution in [3.05, 3.63) is 47.8 Å². The van der Waals surface area contributed by atoms with Crippen LogP contribution in [0.2, 0.25) is 0 Å². The molecule has 2 atom stereocenters. The molecule has 0 fully saturated rings. The van der Waals surface area contributed by atoms with Crippen molar-refractivity contribution in [1.29, 1.82) is 0 Å². The van der Waals surface area contributed by atoms with Gasteiger partial charge in [0.2, 0.25) is 0 Å². The number of hydrogen-bond donors (Lipinski definition) is 2. The van der Waals surface area contributed by atoms with E-state index in [9.17, 15) is 5.11 Å². The van der Waals surface area contributed by atoms with E-state index < -0.39 is 0 Å². The zero-order chi connectivity index (χ0) is 13.1. The van der Waals surface area contributed by atoms with E-state index in [-0.39, 0.29) is 12.1 Å². The number of phenols is 1. The maximum absolute atomic E-state index is 9.27. The molecule has 2 unspecified atom stereocenters. The largest absolute Gasteiger partial charge is 0.508 e. The van der Waals surface area contributed by atoms with Gasteiger partial charge in [-0.2, -0.15) is 5.10 Å². The lowest BCUT2D eigenvalue weighted by Gasteiger charge is -2.19. The minimum absolute atomic E-state index is 0.223. The maximum atomic E-state index is 9.27. The Hall–Kier alpha value is -1.81. The van der Waals surface area contributed by atoms with Gasteiger partial charge in [0.1, 0.15) is 5.75 Å². The minimum atomic E-state index is 0.223. The second kappa shape index (κ2) is 5.23. The molecule has 1 aromatic carbocycles. The van der Waals surface area contributed by atoms with E-state index in [0.29, 0.717) is 5.75 Å². The lowest BCUT2D eigenvalue weighted by Crippen LogP contribution is -2.22. The number of aromatic hydroxyl groups is 1. The number of nitrogens with one attached hydrogen (secondary N) is 1. The van der Waals surface area contributed by atoms with Crippen molar-refractivity contribution in [2.45, 2.75) is 25.9 Å². The summed E-state index contributed by atoms with van der Waals surface area (Å²) in [6, 6.07) is 7.75. The number of rotatable bonds is 4. The minimum Gasteiger partial charge on any atom is -0.508 e. The van der Waals surface area contributed by atoms with Crippen molar-refractivity contribution >= 4 is 0 Å². The third kappa shape index (κ3) is 2.90. The molecular formula is C14H19N3O. The maximum Gasteiger partial charge on any atom is 0.115 e. The third-order valence-corrected chi connectivity index (χ3v) is 3.12. The molecule has 0 saturated heterocycles. The molecule has 2 N–H and O–H groups in total. The van der Waals surface area contributed by atoms with Crippen molar-refractivity contribution in [2.24, 2.45) is 7.05 Å². The summed E-state index contributed by atoms with van der Waals surface area (Å²) in [4.78, 5) is 0. The van der Waals surface area contributed by atoms with E-state index in [1.54, 1.807) is 16.8 Å². The van der Waals surface area contributed by atoms with Gasteiger partial charge in [0.25, 0.3) is 0 Å². The van der Waals surface area contributed by atoms with Gasteiger partial charge in [-0.05, 0) is 31.5 Å². The Labute approximate surface area is 107 Å². The molecule has 4 nitrogen and oxygen atoms in total. The van der Waals surface area contributed by atoms with Gasteiger partial charge in [0.15, 0.2) is 0 Å². The fraction of sp³-hybridized carbons (Fsp3) is 0.357. The summed E-state index contributed by atoms with van der Waals surface area (Å²) in [6.45, 7) is 4.23. The number of hydrogen-bond acceptors (Lipinski definition) is 3. The molecule has 2 aromatic rings. The Morgan fingerprint density at radius 2 is 1.72 bits per heavy atom. The summed E-state index contributed by atoms with van der Waals surface area (Å²) in [5.41, 5.74) is 2.33. The number of aromatic nitrogens is 2. The number of aryl methyl sites for hydroxylation is 1. The van der Waals surface area contributed by atoms with Crippen molar-refractivity contribution < 1.29 is 5.11 Å². The number of benzene rings is 1. The predicted octanol–water partition coefficient (Wildman–Crippen LogP) is 2.54. The van der Waals surface area contributed by atoms with E-state index >= 15 is 0 Å². The van der Waals surface area contributed by atoms with Crippen LogP contribution in [0.1, 0.15) is 37.1 Å². The van der Waals surface area contributed by atoms with Crippen LogP contribution in [0.15, 0.2) is 36.7 Å². The van der Waals surface area contributed by atoms with Crippen molar-refractivity contribution in [3.8, 4) is 5.75 Å². The average Bonchev–Trinajstić information content (AvgIpc) is 2.76. The van der Waals surface area contributed by atoms with E-state index in [2.05, 4.69) is 24.3 Å². The summed E-state index contributed by atoms with van der Waals surface area (Å²) in [5, 5.41) is 17.0. The number of phenolic OH excluding ortho intramolecular Hbond substituents is 1. The highest BCUT2D eigenvalue weighted by Gasteiger charge is 2.12. The molecule has 96 valence electrons. The molecule has 4 heteroatoms. The molecule has 0 aliphatic rings. The first-order chi connectivity index (χ1) is 8.56. The topological polar surface area (TPSA) is 50.1 Å². The summed E-state index contributed by atoms with van der Waals surface area (Å²) >= 11 is 0. The molecule has 1 aromatic heterocycles. The van der Waals surface area contributed by atoms with Gasteiger partial charge in [-0.15, -0.1) is 0 Å². The highest BCUT2D eigenvalue weighted by Crippen LogP contribution is 2.20. The molecule has 0 spiro atoms. The van der Waals surface area contributed by atoms with Crippen molar-refractivity contribution in [1.82, 2.24) is 15.1 Å². The highest BCUT2D eigenvalue weighted by molar-refractivity contribution is 5.28. The van der Waals surface area contributed by atoms with Crippen LogP contribution >= 0.6 is 0 Å². The average molecular weight is 245 g/mol. The quantitative estimate of drug-likeness (QED) is 0.870. The highest BCUT2D eigenvalue weighted by atomic mass is 16.3. The molecule has 0 aliphatic carbocycles. The Morgan fingerprint density at radius 3 is 2.28 bits per heavy atom. The van der Waals surface area contributed by atoms with Crippen LogP contribution in [-0.2, 0) is 7.05 Å². The van der Waals surface area contributed by atoms with E-state index in [0.717, 1.165) is 5.56 Å². The fourth-order valence-corrected chi connectivity index (χ4v) is 1.99. The van der Waals surface area contributed by atoms with Gasteiger partial charge >= 0.3 is 0 Å². The van der Waals surface area contributed by atoms with Crippen LogP contribution in [0.5, 0.6) is 5.75 Å². The van der Waals surface area contributed by atoms with Crippen molar-refractivity contribution in [2.75, 3.05) is 0 Å². The van der Waals surface area contributed by atoms with Crippen LogP contribution in [0, 0.1) is 0 Å². The van der Waals surface area contributed by atoms with Crippen LogP contribution in [0.4, 0.5) is 0 Å². The number of nitrogens with zero attached hydrogens (tertiary/aromatic N) is 2. The second-order valence-corrected chi connectivity index (χ2v) is 4.65. The van der Waals surface area contributed by atoms with E-state index in [1.165, 1.54) is 5.56 Å². The first-order valence-corrected chi connectivity index (χ1v) is 6.10. The lowest BCUT2D eigenvalue weighted by atomic mass is 10.1. The SMILES string of the molecule is CC(NC(C)c1cnn(C)c1)c1ccc(O)cc1. The van der Waals surface area contributed by atoms with Gasteiger partial charge in [-0.1, -0.05) is 12.1 Å². The molecule has 0 amide bonds. The van der Waals surface area contributed by atoms with Crippen LogP contribution in [-0.4, -0.2) is 14.9 Å². The van der Waals surface area contributed by atoms with Gasteiger partial charge < -0.3 is 10.4 Å². The Kier molecular flexibility index (Phi) is 3.67. The standard InChI is InChI=1S/C14H19N3O/c1-10(12-4-6-14(18)7-5-12)16-11(2)13-8-15-17(3)9-13/h4-11,16,18H,1-3H3. The summed E-state index contributed by atoms with van der Waals surface area (Å²) in [5.74, 6) is 0.297. The van der Waals surface area contributed by atoms with E-state index in [4.69, 9.17) is 0 Å². The molecule has 0 aliphatic heterocycles.